The van der Waals surface area contributed by atoms with Gasteiger partial charge in [0.05, 0.1) is 18.6 Å². The molecule has 4 aliphatic carbocycles. The molecule has 4 unspecified atom stereocenters. The van der Waals surface area contributed by atoms with Gasteiger partial charge in [-0.2, -0.15) is 0 Å². The van der Waals surface area contributed by atoms with Crippen molar-refractivity contribution in [3.8, 4) is 0 Å². The number of carboxylic acid groups (broad SMARTS) is 1. The van der Waals surface area contributed by atoms with Gasteiger partial charge in [-0.15, -0.1) is 0 Å². The Morgan fingerprint density at radius 1 is 1.00 bits per heavy atom. The second kappa shape index (κ2) is 9.42. The minimum atomic E-state index is -0.597. The third-order valence-corrected chi connectivity index (χ3v) is 10.9. The van der Waals surface area contributed by atoms with E-state index >= 15 is 0 Å². The van der Waals surface area contributed by atoms with Crippen molar-refractivity contribution in [3.05, 3.63) is 35.9 Å². The van der Waals surface area contributed by atoms with Gasteiger partial charge < -0.3 is 20.3 Å². The van der Waals surface area contributed by atoms with E-state index in [-0.39, 0.29) is 29.5 Å². The van der Waals surface area contributed by atoms with Gasteiger partial charge in [0.1, 0.15) is 6.10 Å². The van der Waals surface area contributed by atoms with Gasteiger partial charge >= 0.3 is 12.1 Å². The highest BCUT2D eigenvalue weighted by Crippen LogP contribution is 2.67. The average Bonchev–Trinajstić information content (AvgIpc) is 3.21. The molecule has 6 heteroatoms. The van der Waals surface area contributed by atoms with Crippen LogP contribution in [0.4, 0.5) is 4.79 Å². The van der Waals surface area contributed by atoms with Crippen molar-refractivity contribution < 1.29 is 24.5 Å². The summed E-state index contributed by atoms with van der Waals surface area (Å²) in [5.74, 6) is 1.59. The molecular weight excluding hydrogens is 442 g/mol. The fraction of sp³-hybridized carbons (Fsp3) is 0.724. The largest absolute Gasteiger partial charge is 0.481 e. The van der Waals surface area contributed by atoms with E-state index in [0.29, 0.717) is 23.7 Å². The lowest BCUT2D eigenvalue weighted by atomic mass is 9.44. The Balaban J connectivity index is 1.21. The molecule has 192 valence electrons. The molecule has 1 aromatic carbocycles. The lowest BCUT2D eigenvalue weighted by Crippen LogP contribution is -2.54. The third kappa shape index (κ3) is 4.26. The molecule has 9 atom stereocenters. The van der Waals surface area contributed by atoms with E-state index in [1.54, 1.807) is 0 Å². The van der Waals surface area contributed by atoms with Crippen LogP contribution in [0.2, 0.25) is 0 Å². The molecule has 0 saturated heterocycles. The predicted molar refractivity (Wildman–Crippen MR) is 133 cm³/mol. The van der Waals surface area contributed by atoms with E-state index in [0.717, 1.165) is 56.9 Å². The molecule has 6 nitrogen and oxygen atoms in total. The van der Waals surface area contributed by atoms with Crippen LogP contribution in [-0.4, -0.2) is 35.0 Å². The summed E-state index contributed by atoms with van der Waals surface area (Å²) in [6.07, 6.45) is 8.69. The first-order valence-electron chi connectivity index (χ1n) is 13.6. The van der Waals surface area contributed by atoms with Gasteiger partial charge in [0, 0.05) is 0 Å². The number of hydrogen-bond donors (Lipinski definition) is 3. The van der Waals surface area contributed by atoms with Gasteiger partial charge in [0.15, 0.2) is 0 Å². The van der Waals surface area contributed by atoms with E-state index in [9.17, 15) is 19.8 Å². The van der Waals surface area contributed by atoms with Crippen LogP contribution < -0.4 is 5.32 Å². The maximum atomic E-state index is 12.7. The van der Waals surface area contributed by atoms with Gasteiger partial charge in [-0.05, 0) is 97.9 Å². The van der Waals surface area contributed by atoms with E-state index in [4.69, 9.17) is 4.74 Å². The van der Waals surface area contributed by atoms with Crippen LogP contribution in [0.3, 0.4) is 0 Å². The van der Waals surface area contributed by atoms with Crippen LogP contribution in [-0.2, 0) is 9.53 Å². The molecule has 0 radical (unpaired) electrons. The minimum Gasteiger partial charge on any atom is -0.481 e. The van der Waals surface area contributed by atoms with Gasteiger partial charge in [-0.1, -0.05) is 44.2 Å². The van der Waals surface area contributed by atoms with Crippen LogP contribution in [0.5, 0.6) is 0 Å². The Bertz CT molecular complexity index is 936. The molecule has 4 fully saturated rings. The highest BCUT2D eigenvalue weighted by molar-refractivity contribution is 5.71. The zero-order valence-corrected chi connectivity index (χ0v) is 21.1. The number of ether oxygens (including phenoxy) is 1. The third-order valence-electron chi connectivity index (χ3n) is 10.9. The molecule has 0 aliphatic heterocycles. The second-order valence-corrected chi connectivity index (χ2v) is 12.3. The van der Waals surface area contributed by atoms with E-state index in [2.05, 4.69) is 19.2 Å². The summed E-state index contributed by atoms with van der Waals surface area (Å²) in [5, 5.41) is 22.4. The number of fused-ring (bicyclic) bond motifs is 5. The van der Waals surface area contributed by atoms with Crippen molar-refractivity contribution in [2.75, 3.05) is 6.61 Å². The van der Waals surface area contributed by atoms with E-state index in [1.807, 2.05) is 30.3 Å². The fourth-order valence-corrected chi connectivity index (χ4v) is 8.98. The Morgan fingerprint density at radius 3 is 2.43 bits per heavy atom. The Kier molecular flexibility index (Phi) is 6.62. The normalized spacial score (nSPS) is 41.1. The number of hydrogen-bond acceptors (Lipinski definition) is 4. The monoisotopic (exact) mass is 483 g/mol. The summed E-state index contributed by atoms with van der Waals surface area (Å²) >= 11 is 0. The average molecular weight is 484 g/mol. The molecule has 5 rings (SSSR count). The molecule has 1 amide bonds. The van der Waals surface area contributed by atoms with Gasteiger partial charge in [0.2, 0.25) is 0 Å². The lowest BCUT2D eigenvalue weighted by Gasteiger charge is -2.60. The molecule has 0 spiro atoms. The number of aliphatic carboxylic acids is 1. The topological polar surface area (TPSA) is 95.9 Å². The van der Waals surface area contributed by atoms with Crippen molar-refractivity contribution in [1.29, 1.82) is 0 Å². The zero-order chi connectivity index (χ0) is 24.8. The Morgan fingerprint density at radius 2 is 1.71 bits per heavy atom. The Labute approximate surface area is 208 Å². The summed E-state index contributed by atoms with van der Waals surface area (Å²) in [6, 6.07) is 9.02. The van der Waals surface area contributed by atoms with Crippen molar-refractivity contribution >= 4 is 12.1 Å². The molecule has 4 aliphatic rings. The fourth-order valence-electron chi connectivity index (χ4n) is 8.98. The van der Waals surface area contributed by atoms with Crippen LogP contribution in [0.25, 0.3) is 0 Å². The predicted octanol–water partition coefficient (Wildman–Crippen LogP) is 5.56. The zero-order valence-electron chi connectivity index (χ0n) is 21.1. The molecule has 1 aromatic rings. The van der Waals surface area contributed by atoms with Crippen LogP contribution in [0.15, 0.2) is 30.3 Å². The number of carbonyl (C=O) groups is 2. The summed E-state index contributed by atoms with van der Waals surface area (Å²) in [6.45, 7) is 4.55. The molecule has 0 bridgehead atoms. The van der Waals surface area contributed by atoms with Crippen LogP contribution in [0.1, 0.15) is 83.2 Å². The summed E-state index contributed by atoms with van der Waals surface area (Å²) in [4.78, 5) is 24.6. The Hall–Kier alpha value is -2.08. The number of benzene rings is 1. The number of carbonyl (C=O) groups excluding carboxylic acids is 1. The maximum Gasteiger partial charge on any atom is 0.407 e. The number of nitrogens with one attached hydrogen (secondary N) is 1. The second-order valence-electron chi connectivity index (χ2n) is 12.3. The molecule has 35 heavy (non-hydrogen) atoms. The van der Waals surface area contributed by atoms with Crippen molar-refractivity contribution in [2.24, 2.45) is 40.4 Å². The smallest absolute Gasteiger partial charge is 0.407 e. The van der Waals surface area contributed by atoms with E-state index < -0.39 is 18.1 Å². The molecule has 4 saturated carbocycles. The first kappa shape index (κ1) is 24.6. The molecule has 3 N–H and O–H groups in total. The standard InChI is InChI=1S/C29H41NO5/c1-28-14-12-20(35-27(34)30-25(17-31)18-6-4-3-5-7-18)16-19(28)8-9-21-22-10-11-24(26(32)33)29(22,2)15-13-23(21)28/h3-7,19-25,31H,8-17H2,1-2H3,(H,30,34)(H,32,33)/t19?,20?,21-,22-,23-,24?,25?,28-,29-/m0/s1. The highest BCUT2D eigenvalue weighted by Gasteiger charge is 2.61. The van der Waals surface area contributed by atoms with Crippen molar-refractivity contribution in [1.82, 2.24) is 5.32 Å². The first-order valence-corrected chi connectivity index (χ1v) is 13.6. The number of alkyl carbamates (subject to hydrolysis) is 1. The van der Waals surface area contributed by atoms with Crippen molar-refractivity contribution in [3.63, 3.8) is 0 Å². The number of aliphatic hydroxyl groups is 1. The SMILES string of the molecule is C[C@]12CCC(OC(=O)NC(CO)c3ccccc3)CC1CC[C@@H]1[C@@H]2CC[C@]2(C)C(C(=O)O)CC[C@@H]12. The minimum absolute atomic E-state index is 0.0450. The molecule has 0 aromatic heterocycles. The van der Waals surface area contributed by atoms with Crippen molar-refractivity contribution in [2.45, 2.75) is 83.8 Å². The van der Waals surface area contributed by atoms with Crippen LogP contribution in [0, 0.1) is 40.4 Å². The maximum absolute atomic E-state index is 12.7. The highest BCUT2D eigenvalue weighted by atomic mass is 16.6. The number of amides is 1. The van der Waals surface area contributed by atoms with Gasteiger partial charge in [-0.3, -0.25) is 4.79 Å². The number of rotatable bonds is 5. The van der Waals surface area contributed by atoms with Gasteiger partial charge in [-0.25, -0.2) is 4.79 Å². The lowest BCUT2D eigenvalue weighted by molar-refractivity contribution is -0.154. The summed E-state index contributed by atoms with van der Waals surface area (Å²) in [7, 11) is 0. The first-order chi connectivity index (χ1) is 16.8. The number of aliphatic hydroxyl groups excluding tert-OH is 1. The quantitative estimate of drug-likeness (QED) is 0.510. The molecular formula is C29H41NO5. The van der Waals surface area contributed by atoms with Crippen LogP contribution >= 0.6 is 0 Å². The summed E-state index contributed by atoms with van der Waals surface area (Å²) in [5.41, 5.74) is 1.07. The molecule has 0 heterocycles. The summed E-state index contributed by atoms with van der Waals surface area (Å²) < 4.78 is 5.87. The van der Waals surface area contributed by atoms with Gasteiger partial charge in [0.25, 0.3) is 0 Å². The van der Waals surface area contributed by atoms with E-state index in [1.165, 1.54) is 6.42 Å². The number of carboxylic acids is 1.